The number of aliphatic hydroxyl groups excluding tert-OH is 4. The molecule has 0 amide bonds. The topological polar surface area (TPSA) is 134 Å². The maximum absolute atomic E-state index is 12.7. The number of aliphatic hydroxyl groups is 4. The van der Waals surface area contributed by atoms with Gasteiger partial charge in [-0.2, -0.15) is 0 Å². The quantitative estimate of drug-likeness (QED) is 0.0396. The Kier molecular flexibility index (Phi) is 32.8. The average molecular weight is 659 g/mol. The molecular weight excluding hydrogens is 584 g/mol. The molecule has 3 atom stereocenters. The molecule has 0 aromatic rings. The molecule has 0 fully saturated rings. The van der Waals surface area contributed by atoms with Crippen molar-refractivity contribution in [1.82, 2.24) is 0 Å². The molecule has 0 spiro atoms. The van der Waals surface area contributed by atoms with Gasteiger partial charge in [0.1, 0.15) is 25.4 Å². The van der Waals surface area contributed by atoms with Crippen LogP contribution in [0.3, 0.4) is 0 Å². The van der Waals surface area contributed by atoms with Crippen LogP contribution in [0.5, 0.6) is 0 Å². The van der Waals surface area contributed by atoms with Crippen LogP contribution >= 0.6 is 0 Å². The van der Waals surface area contributed by atoms with Crippen LogP contribution in [-0.2, 0) is 19.1 Å². The molecule has 0 bridgehead atoms. The minimum atomic E-state index is -1.01. The van der Waals surface area contributed by atoms with Crippen molar-refractivity contribution in [2.24, 2.45) is 11.8 Å². The van der Waals surface area contributed by atoms with Gasteiger partial charge in [0, 0.05) is 6.42 Å². The highest BCUT2D eigenvalue weighted by Crippen LogP contribution is 2.22. The van der Waals surface area contributed by atoms with Gasteiger partial charge in [-0.25, -0.2) is 0 Å². The van der Waals surface area contributed by atoms with E-state index in [0.717, 1.165) is 63.7 Å². The van der Waals surface area contributed by atoms with E-state index in [-0.39, 0.29) is 31.1 Å². The van der Waals surface area contributed by atoms with Crippen molar-refractivity contribution in [3.8, 4) is 0 Å². The Morgan fingerprint density at radius 3 is 1.17 bits per heavy atom. The van der Waals surface area contributed by atoms with Crippen LogP contribution in [-0.4, -0.2) is 71.0 Å². The van der Waals surface area contributed by atoms with Gasteiger partial charge in [-0.05, 0) is 25.2 Å². The Bertz CT molecular complexity index is 671. The van der Waals surface area contributed by atoms with Gasteiger partial charge in [-0.1, -0.05) is 155 Å². The molecule has 0 aliphatic carbocycles. The normalized spacial score (nSPS) is 13.5. The van der Waals surface area contributed by atoms with Crippen molar-refractivity contribution in [2.75, 3.05) is 26.4 Å². The van der Waals surface area contributed by atoms with Gasteiger partial charge in [0.25, 0.3) is 0 Å². The molecule has 0 saturated heterocycles. The number of hydrogen-bond donors (Lipinski definition) is 4. The zero-order chi connectivity index (χ0) is 34.1. The Balaban J connectivity index is 3.89. The SMILES string of the molecule is CC(C)CCCCCCCCCCCCCC(CCCCCCCCCCCCCC(=O)OCC(O)CO)C(=O)OCC(O)CO. The second-order valence-corrected chi connectivity index (χ2v) is 14.0. The third-order valence-corrected chi connectivity index (χ3v) is 8.88. The van der Waals surface area contributed by atoms with Crippen molar-refractivity contribution in [2.45, 2.75) is 193 Å². The Hall–Kier alpha value is -1.22. The van der Waals surface area contributed by atoms with E-state index in [2.05, 4.69) is 13.8 Å². The fourth-order valence-electron chi connectivity index (χ4n) is 5.83. The van der Waals surface area contributed by atoms with Gasteiger partial charge in [-0.3, -0.25) is 9.59 Å². The molecule has 0 aliphatic heterocycles. The molecule has 0 aliphatic rings. The van der Waals surface area contributed by atoms with E-state index in [9.17, 15) is 19.8 Å². The number of ether oxygens (including phenoxy) is 2. The Morgan fingerprint density at radius 1 is 0.478 bits per heavy atom. The first-order valence-corrected chi connectivity index (χ1v) is 19.2. The molecule has 46 heavy (non-hydrogen) atoms. The largest absolute Gasteiger partial charge is 0.463 e. The highest BCUT2D eigenvalue weighted by atomic mass is 16.5. The Labute approximate surface area is 282 Å². The summed E-state index contributed by atoms with van der Waals surface area (Å²) in [5.74, 6) is 0.176. The first-order chi connectivity index (χ1) is 22.3. The number of hydrogen-bond acceptors (Lipinski definition) is 8. The molecule has 0 aromatic carbocycles. The summed E-state index contributed by atoms with van der Waals surface area (Å²) >= 11 is 0. The summed E-state index contributed by atoms with van der Waals surface area (Å²) in [6.45, 7) is 3.54. The van der Waals surface area contributed by atoms with Crippen molar-refractivity contribution in [3.05, 3.63) is 0 Å². The van der Waals surface area contributed by atoms with E-state index >= 15 is 0 Å². The standard InChI is InChI=1S/C38H74O8/c1-33(2)25-21-17-13-9-5-3-6-10-14-18-22-26-34(38(44)46-32-36(42)30-40)27-23-19-15-11-7-4-8-12-16-20-24-28-37(43)45-31-35(41)29-39/h33-36,39-42H,3-32H2,1-2H3. The van der Waals surface area contributed by atoms with Gasteiger partial charge >= 0.3 is 11.9 Å². The molecule has 0 rings (SSSR count). The highest BCUT2D eigenvalue weighted by molar-refractivity contribution is 5.72. The maximum Gasteiger partial charge on any atom is 0.309 e. The lowest BCUT2D eigenvalue weighted by atomic mass is 9.94. The predicted octanol–water partition coefficient (Wildman–Crippen LogP) is 8.19. The average Bonchev–Trinajstić information content (AvgIpc) is 3.05. The number of esters is 2. The molecule has 4 N–H and O–H groups in total. The van der Waals surface area contributed by atoms with Crippen LogP contribution in [0.25, 0.3) is 0 Å². The fourth-order valence-corrected chi connectivity index (χ4v) is 5.83. The van der Waals surface area contributed by atoms with E-state index in [1.807, 2.05) is 0 Å². The monoisotopic (exact) mass is 659 g/mol. The molecule has 3 unspecified atom stereocenters. The number of unbranched alkanes of at least 4 members (excludes halogenated alkanes) is 20. The van der Waals surface area contributed by atoms with E-state index in [1.54, 1.807) is 0 Å². The van der Waals surface area contributed by atoms with Crippen LogP contribution in [0.15, 0.2) is 0 Å². The van der Waals surface area contributed by atoms with E-state index in [1.165, 1.54) is 103 Å². The van der Waals surface area contributed by atoms with Gasteiger partial charge in [0.15, 0.2) is 0 Å². The minimum absolute atomic E-state index is 0.115. The summed E-state index contributed by atoms with van der Waals surface area (Å²) in [5, 5.41) is 36.6. The smallest absolute Gasteiger partial charge is 0.309 e. The molecule has 0 aromatic heterocycles. The summed E-state index contributed by atoms with van der Waals surface area (Å²) in [7, 11) is 0. The first kappa shape index (κ1) is 44.8. The van der Waals surface area contributed by atoms with Crippen molar-refractivity contribution in [3.63, 3.8) is 0 Å². The lowest BCUT2D eigenvalue weighted by Crippen LogP contribution is -2.25. The van der Waals surface area contributed by atoms with Crippen LogP contribution in [0.1, 0.15) is 181 Å². The molecule has 8 nitrogen and oxygen atoms in total. The lowest BCUT2D eigenvalue weighted by molar-refractivity contribution is -0.153. The fraction of sp³-hybridized carbons (Fsp3) is 0.947. The summed E-state index contributed by atoms with van der Waals surface area (Å²) in [6, 6.07) is 0. The molecule has 0 saturated carbocycles. The summed E-state index contributed by atoms with van der Waals surface area (Å²) in [6.07, 6.45) is 27.9. The van der Waals surface area contributed by atoms with Crippen molar-refractivity contribution >= 4 is 11.9 Å². The van der Waals surface area contributed by atoms with Crippen LogP contribution in [0.4, 0.5) is 0 Å². The van der Waals surface area contributed by atoms with Gasteiger partial charge in [0.05, 0.1) is 19.1 Å². The van der Waals surface area contributed by atoms with E-state index in [4.69, 9.17) is 19.7 Å². The second-order valence-electron chi connectivity index (χ2n) is 14.0. The highest BCUT2D eigenvalue weighted by Gasteiger charge is 2.20. The maximum atomic E-state index is 12.7. The first-order valence-electron chi connectivity index (χ1n) is 19.2. The van der Waals surface area contributed by atoms with E-state index in [0.29, 0.717) is 6.42 Å². The minimum Gasteiger partial charge on any atom is -0.463 e. The molecule has 274 valence electrons. The van der Waals surface area contributed by atoms with Gasteiger partial charge in [0.2, 0.25) is 0 Å². The van der Waals surface area contributed by atoms with Crippen molar-refractivity contribution in [1.29, 1.82) is 0 Å². The molecular formula is C38H74O8. The number of rotatable bonds is 35. The van der Waals surface area contributed by atoms with E-state index < -0.39 is 25.4 Å². The molecule has 8 heteroatoms. The predicted molar refractivity (Wildman–Crippen MR) is 186 cm³/mol. The van der Waals surface area contributed by atoms with Crippen LogP contribution in [0.2, 0.25) is 0 Å². The third-order valence-electron chi connectivity index (χ3n) is 8.88. The number of carbonyl (C=O) groups is 2. The van der Waals surface area contributed by atoms with Gasteiger partial charge < -0.3 is 29.9 Å². The lowest BCUT2D eigenvalue weighted by Gasteiger charge is -2.17. The zero-order valence-electron chi connectivity index (χ0n) is 29.9. The molecule has 0 radical (unpaired) electrons. The van der Waals surface area contributed by atoms with Crippen molar-refractivity contribution < 1.29 is 39.5 Å². The Morgan fingerprint density at radius 2 is 0.804 bits per heavy atom. The summed E-state index contributed by atoms with van der Waals surface area (Å²) in [4.78, 5) is 24.3. The number of carbonyl (C=O) groups excluding carboxylic acids is 2. The van der Waals surface area contributed by atoms with Gasteiger partial charge in [-0.15, -0.1) is 0 Å². The summed E-state index contributed by atoms with van der Waals surface area (Å²) < 4.78 is 10.2. The molecule has 0 heterocycles. The second kappa shape index (κ2) is 33.7. The van der Waals surface area contributed by atoms with Crippen LogP contribution in [0, 0.1) is 11.8 Å². The van der Waals surface area contributed by atoms with Crippen LogP contribution < -0.4 is 0 Å². The third kappa shape index (κ3) is 31.4. The zero-order valence-corrected chi connectivity index (χ0v) is 29.9. The summed E-state index contributed by atoms with van der Waals surface area (Å²) in [5.41, 5.74) is 0.